The Balaban J connectivity index is 2.18. The van der Waals surface area contributed by atoms with Crippen LogP contribution >= 0.6 is 0 Å². The van der Waals surface area contributed by atoms with E-state index in [2.05, 4.69) is 42.2 Å². The van der Waals surface area contributed by atoms with E-state index in [1.54, 1.807) is 0 Å². The van der Waals surface area contributed by atoms with Crippen LogP contribution in [0.4, 0.5) is 0 Å². The molecule has 0 fully saturated rings. The monoisotopic (exact) mass is 245 g/mol. The molecule has 4 heteroatoms. The highest BCUT2D eigenvalue weighted by Crippen LogP contribution is 2.16. The van der Waals surface area contributed by atoms with Gasteiger partial charge in [0.25, 0.3) is 0 Å². The lowest BCUT2D eigenvalue weighted by molar-refractivity contribution is 0.376. The van der Waals surface area contributed by atoms with Gasteiger partial charge in [0.05, 0.1) is 6.42 Å². The summed E-state index contributed by atoms with van der Waals surface area (Å²) in [6.07, 6.45) is 0.678. The van der Waals surface area contributed by atoms with Crippen molar-refractivity contribution in [2.24, 2.45) is 5.73 Å². The van der Waals surface area contributed by atoms with E-state index in [-0.39, 0.29) is 5.92 Å². The molecule has 1 unspecified atom stereocenters. The average Bonchev–Trinajstić information content (AvgIpc) is 2.81. The van der Waals surface area contributed by atoms with Crippen molar-refractivity contribution in [3.8, 4) is 0 Å². The smallest absolute Gasteiger partial charge is 0.231 e. The number of rotatable bonds is 4. The van der Waals surface area contributed by atoms with E-state index in [4.69, 9.17) is 10.3 Å². The van der Waals surface area contributed by atoms with Gasteiger partial charge in [0.1, 0.15) is 0 Å². The van der Waals surface area contributed by atoms with Gasteiger partial charge in [-0.2, -0.15) is 4.98 Å². The highest BCUT2D eigenvalue weighted by atomic mass is 16.5. The standard InChI is InChI=1S/C14H19N3O/c1-9-4-5-10(2)12(6-9)7-13-16-14(17-18-13)11(3)8-15/h4-6,11H,7-8,15H2,1-3H3. The van der Waals surface area contributed by atoms with Gasteiger partial charge >= 0.3 is 0 Å². The zero-order chi connectivity index (χ0) is 13.1. The Kier molecular flexibility index (Phi) is 3.77. The fourth-order valence-corrected chi connectivity index (χ4v) is 1.80. The number of nitrogens with zero attached hydrogens (tertiary/aromatic N) is 2. The lowest BCUT2D eigenvalue weighted by atomic mass is 10.0. The van der Waals surface area contributed by atoms with E-state index in [0.717, 1.165) is 0 Å². The van der Waals surface area contributed by atoms with Crippen molar-refractivity contribution in [3.63, 3.8) is 0 Å². The Morgan fingerprint density at radius 3 is 2.83 bits per heavy atom. The van der Waals surface area contributed by atoms with Crippen molar-refractivity contribution in [2.45, 2.75) is 33.1 Å². The molecule has 1 aromatic carbocycles. The normalized spacial score (nSPS) is 12.7. The number of aryl methyl sites for hydroxylation is 2. The van der Waals surface area contributed by atoms with E-state index in [0.29, 0.717) is 24.7 Å². The summed E-state index contributed by atoms with van der Waals surface area (Å²) in [4.78, 5) is 4.39. The number of benzene rings is 1. The first kappa shape index (κ1) is 12.8. The fourth-order valence-electron chi connectivity index (χ4n) is 1.80. The summed E-state index contributed by atoms with van der Waals surface area (Å²) in [6, 6.07) is 6.38. The van der Waals surface area contributed by atoms with E-state index >= 15 is 0 Å². The number of hydrogen-bond donors (Lipinski definition) is 1. The summed E-state index contributed by atoms with van der Waals surface area (Å²) < 4.78 is 5.27. The molecule has 2 rings (SSSR count). The maximum atomic E-state index is 5.59. The van der Waals surface area contributed by atoms with E-state index in [1.807, 2.05) is 6.92 Å². The van der Waals surface area contributed by atoms with Crippen molar-refractivity contribution >= 4 is 0 Å². The Morgan fingerprint density at radius 2 is 2.11 bits per heavy atom. The zero-order valence-electron chi connectivity index (χ0n) is 11.1. The van der Waals surface area contributed by atoms with E-state index in [1.165, 1.54) is 16.7 Å². The molecule has 0 radical (unpaired) electrons. The maximum Gasteiger partial charge on any atom is 0.231 e. The van der Waals surface area contributed by atoms with Gasteiger partial charge in [0.2, 0.25) is 5.89 Å². The molecule has 18 heavy (non-hydrogen) atoms. The third-order valence-corrected chi connectivity index (χ3v) is 3.12. The lowest BCUT2D eigenvalue weighted by Gasteiger charge is -2.04. The molecule has 96 valence electrons. The van der Waals surface area contributed by atoms with Gasteiger partial charge in [-0.1, -0.05) is 35.8 Å². The second-order valence-corrected chi connectivity index (χ2v) is 4.79. The topological polar surface area (TPSA) is 64.9 Å². The molecule has 0 bridgehead atoms. The molecule has 0 saturated carbocycles. The molecule has 2 aromatic rings. The summed E-state index contributed by atoms with van der Waals surface area (Å²) in [5.74, 6) is 1.48. The highest BCUT2D eigenvalue weighted by molar-refractivity contribution is 5.32. The minimum atomic E-state index is 0.140. The van der Waals surface area contributed by atoms with Crippen LogP contribution in [0.25, 0.3) is 0 Å². The molecule has 1 aromatic heterocycles. The Labute approximate surface area is 107 Å². The molecule has 1 atom stereocenters. The molecular formula is C14H19N3O. The third kappa shape index (κ3) is 2.76. The molecule has 0 spiro atoms. The predicted octanol–water partition coefficient (Wildman–Crippen LogP) is 2.34. The minimum absolute atomic E-state index is 0.140. The van der Waals surface area contributed by atoms with Gasteiger partial charge in [-0.05, 0) is 25.0 Å². The number of aromatic nitrogens is 2. The minimum Gasteiger partial charge on any atom is -0.339 e. The summed E-state index contributed by atoms with van der Waals surface area (Å²) in [5.41, 5.74) is 9.30. The SMILES string of the molecule is Cc1ccc(C)c(Cc2nc(C(C)CN)no2)c1. The van der Waals surface area contributed by atoms with Crippen LogP contribution in [0.15, 0.2) is 22.7 Å². The molecule has 0 saturated heterocycles. The molecule has 0 aliphatic rings. The second kappa shape index (κ2) is 5.31. The van der Waals surface area contributed by atoms with Crippen molar-refractivity contribution < 1.29 is 4.52 Å². The van der Waals surface area contributed by atoms with Gasteiger partial charge < -0.3 is 10.3 Å². The maximum absolute atomic E-state index is 5.59. The highest BCUT2D eigenvalue weighted by Gasteiger charge is 2.13. The average molecular weight is 245 g/mol. The predicted molar refractivity (Wildman–Crippen MR) is 70.5 cm³/mol. The van der Waals surface area contributed by atoms with Crippen LogP contribution < -0.4 is 5.73 Å². The van der Waals surface area contributed by atoms with Gasteiger partial charge in [-0.15, -0.1) is 0 Å². The van der Waals surface area contributed by atoms with Crippen molar-refractivity contribution in [2.75, 3.05) is 6.54 Å². The van der Waals surface area contributed by atoms with Gasteiger partial charge in [-0.3, -0.25) is 0 Å². The molecule has 0 aliphatic heterocycles. The number of hydrogen-bond acceptors (Lipinski definition) is 4. The van der Waals surface area contributed by atoms with Gasteiger partial charge in [0, 0.05) is 12.5 Å². The number of nitrogens with two attached hydrogens (primary N) is 1. The molecule has 2 N–H and O–H groups in total. The molecule has 0 amide bonds. The summed E-state index contributed by atoms with van der Waals surface area (Å²) >= 11 is 0. The van der Waals surface area contributed by atoms with Crippen LogP contribution in [0.1, 0.15) is 41.2 Å². The first-order chi connectivity index (χ1) is 8.60. The van der Waals surface area contributed by atoms with E-state index < -0.39 is 0 Å². The quantitative estimate of drug-likeness (QED) is 0.898. The van der Waals surface area contributed by atoms with Crippen molar-refractivity contribution in [3.05, 3.63) is 46.6 Å². The summed E-state index contributed by atoms with van der Waals surface area (Å²) in [7, 11) is 0. The summed E-state index contributed by atoms with van der Waals surface area (Å²) in [5, 5.41) is 3.97. The van der Waals surface area contributed by atoms with Crippen LogP contribution in [-0.4, -0.2) is 16.7 Å². The van der Waals surface area contributed by atoms with Gasteiger partial charge in [-0.25, -0.2) is 0 Å². The fraction of sp³-hybridized carbons (Fsp3) is 0.429. The second-order valence-electron chi connectivity index (χ2n) is 4.79. The Hall–Kier alpha value is -1.68. The van der Waals surface area contributed by atoms with Crippen LogP contribution in [-0.2, 0) is 6.42 Å². The van der Waals surface area contributed by atoms with Crippen molar-refractivity contribution in [1.82, 2.24) is 10.1 Å². The third-order valence-electron chi connectivity index (χ3n) is 3.12. The van der Waals surface area contributed by atoms with Crippen molar-refractivity contribution in [1.29, 1.82) is 0 Å². The summed E-state index contributed by atoms with van der Waals surface area (Å²) in [6.45, 7) is 6.70. The molecular weight excluding hydrogens is 226 g/mol. The molecule has 4 nitrogen and oxygen atoms in total. The Bertz CT molecular complexity index is 534. The largest absolute Gasteiger partial charge is 0.339 e. The zero-order valence-corrected chi connectivity index (χ0v) is 11.1. The van der Waals surface area contributed by atoms with Crippen LogP contribution in [0, 0.1) is 13.8 Å². The van der Waals surface area contributed by atoms with E-state index in [9.17, 15) is 0 Å². The first-order valence-corrected chi connectivity index (χ1v) is 6.19. The Morgan fingerprint density at radius 1 is 1.33 bits per heavy atom. The van der Waals surface area contributed by atoms with Gasteiger partial charge in [0.15, 0.2) is 5.82 Å². The first-order valence-electron chi connectivity index (χ1n) is 6.19. The molecule has 0 aliphatic carbocycles. The van der Waals surface area contributed by atoms with Crippen LogP contribution in [0.3, 0.4) is 0 Å². The lowest BCUT2D eigenvalue weighted by Crippen LogP contribution is -2.10. The van der Waals surface area contributed by atoms with Crippen LogP contribution in [0.5, 0.6) is 0 Å². The van der Waals surface area contributed by atoms with Crippen LogP contribution in [0.2, 0.25) is 0 Å². The molecule has 1 heterocycles.